The predicted molar refractivity (Wildman–Crippen MR) is 65.7 cm³/mol. The average Bonchev–Trinajstić information content (AvgIpc) is 2.88. The minimum atomic E-state index is 1.02. The van der Waals surface area contributed by atoms with Gasteiger partial charge in [0.15, 0.2) is 5.13 Å². The van der Waals surface area contributed by atoms with E-state index in [-0.39, 0.29) is 0 Å². The Hall–Kier alpha value is -0.610. The molecule has 1 aromatic rings. The van der Waals surface area contributed by atoms with Crippen LogP contribution in [0.3, 0.4) is 0 Å². The van der Waals surface area contributed by atoms with Gasteiger partial charge in [0.1, 0.15) is 0 Å². The lowest BCUT2D eigenvalue weighted by Crippen LogP contribution is -2.25. The summed E-state index contributed by atoms with van der Waals surface area (Å²) in [5.41, 5.74) is 1.20. The Balaban J connectivity index is 1.68. The number of thiazole rings is 1. The molecule has 1 aliphatic rings. The van der Waals surface area contributed by atoms with Gasteiger partial charge < -0.3 is 10.2 Å². The van der Waals surface area contributed by atoms with Crippen molar-refractivity contribution < 1.29 is 0 Å². The molecule has 0 aromatic carbocycles. The molecule has 1 saturated heterocycles. The lowest BCUT2D eigenvalue weighted by atomic mass is 10.4. The van der Waals surface area contributed by atoms with Gasteiger partial charge in [0.05, 0.1) is 5.69 Å². The van der Waals surface area contributed by atoms with Crippen LogP contribution in [0.25, 0.3) is 0 Å². The number of hydrogen-bond donors (Lipinski definition) is 1. The molecule has 0 bridgehead atoms. The van der Waals surface area contributed by atoms with Gasteiger partial charge in [0, 0.05) is 18.5 Å². The summed E-state index contributed by atoms with van der Waals surface area (Å²) in [5.74, 6) is 0. The van der Waals surface area contributed by atoms with E-state index >= 15 is 0 Å². The van der Waals surface area contributed by atoms with Crippen LogP contribution in [-0.4, -0.2) is 36.1 Å². The molecule has 84 valence electrons. The summed E-state index contributed by atoms with van der Waals surface area (Å²) < 4.78 is 0. The van der Waals surface area contributed by atoms with Crippen molar-refractivity contribution in [1.82, 2.24) is 9.88 Å². The Bertz CT molecular complexity index is 292. The highest BCUT2D eigenvalue weighted by atomic mass is 32.1. The van der Waals surface area contributed by atoms with Crippen LogP contribution >= 0.6 is 11.3 Å². The molecule has 0 spiro atoms. The minimum absolute atomic E-state index is 1.02. The van der Waals surface area contributed by atoms with Gasteiger partial charge in [-0.1, -0.05) is 6.92 Å². The molecule has 0 aliphatic carbocycles. The third-order valence-corrected chi connectivity index (χ3v) is 3.67. The van der Waals surface area contributed by atoms with Crippen molar-refractivity contribution in [3.8, 4) is 0 Å². The van der Waals surface area contributed by atoms with E-state index in [0.717, 1.165) is 24.6 Å². The van der Waals surface area contributed by atoms with Crippen LogP contribution in [0.1, 0.15) is 25.5 Å². The molecule has 2 rings (SSSR count). The number of anilines is 1. The van der Waals surface area contributed by atoms with Crippen LogP contribution in [0.2, 0.25) is 0 Å². The topological polar surface area (TPSA) is 28.2 Å². The first-order valence-electron chi connectivity index (χ1n) is 5.79. The number of nitrogens with one attached hydrogen (secondary N) is 1. The number of aromatic nitrogens is 1. The maximum atomic E-state index is 4.48. The first-order valence-corrected chi connectivity index (χ1v) is 6.67. The van der Waals surface area contributed by atoms with Crippen molar-refractivity contribution in [3.63, 3.8) is 0 Å². The van der Waals surface area contributed by atoms with E-state index in [9.17, 15) is 0 Å². The quantitative estimate of drug-likeness (QED) is 0.833. The summed E-state index contributed by atoms with van der Waals surface area (Å²) in [4.78, 5) is 7.00. The number of likely N-dealkylation sites (tertiary alicyclic amines) is 1. The van der Waals surface area contributed by atoms with Crippen molar-refractivity contribution in [2.75, 3.05) is 31.5 Å². The van der Waals surface area contributed by atoms with E-state index in [2.05, 4.69) is 27.5 Å². The van der Waals surface area contributed by atoms with Crippen LogP contribution in [0, 0.1) is 0 Å². The molecule has 3 nitrogen and oxygen atoms in total. The first-order chi connectivity index (χ1) is 7.38. The van der Waals surface area contributed by atoms with E-state index in [1.54, 1.807) is 11.3 Å². The minimum Gasteiger partial charge on any atom is -0.360 e. The fraction of sp³-hybridized carbons (Fsp3) is 0.727. The van der Waals surface area contributed by atoms with Crippen molar-refractivity contribution in [2.24, 2.45) is 0 Å². The highest BCUT2D eigenvalue weighted by Crippen LogP contribution is 2.15. The number of nitrogens with zero attached hydrogens (tertiary/aromatic N) is 2. The summed E-state index contributed by atoms with van der Waals surface area (Å²) in [6, 6.07) is 0. The lowest BCUT2D eigenvalue weighted by Gasteiger charge is -2.14. The largest absolute Gasteiger partial charge is 0.360 e. The first kappa shape index (κ1) is 10.9. The Kier molecular flexibility index (Phi) is 3.97. The maximum absolute atomic E-state index is 4.48. The van der Waals surface area contributed by atoms with Crippen LogP contribution in [0.4, 0.5) is 5.13 Å². The number of aryl methyl sites for hydroxylation is 1. The molecule has 1 N–H and O–H groups in total. The van der Waals surface area contributed by atoms with Gasteiger partial charge in [-0.05, 0) is 32.4 Å². The van der Waals surface area contributed by atoms with Gasteiger partial charge in [-0.25, -0.2) is 4.98 Å². The molecular weight excluding hydrogens is 206 g/mol. The van der Waals surface area contributed by atoms with Crippen molar-refractivity contribution in [1.29, 1.82) is 0 Å². The van der Waals surface area contributed by atoms with E-state index in [1.165, 1.54) is 31.6 Å². The Morgan fingerprint density at radius 1 is 1.47 bits per heavy atom. The second-order valence-electron chi connectivity index (χ2n) is 3.97. The molecule has 2 heterocycles. The molecule has 1 aromatic heterocycles. The molecule has 0 atom stereocenters. The second kappa shape index (κ2) is 5.47. The van der Waals surface area contributed by atoms with Gasteiger partial charge >= 0.3 is 0 Å². The predicted octanol–water partition coefficient (Wildman–Crippen LogP) is 2.21. The molecule has 0 radical (unpaired) electrons. The fourth-order valence-corrected chi connectivity index (χ4v) is 2.70. The number of hydrogen-bond acceptors (Lipinski definition) is 4. The van der Waals surface area contributed by atoms with Crippen molar-refractivity contribution in [3.05, 3.63) is 11.1 Å². The highest BCUT2D eigenvalue weighted by molar-refractivity contribution is 7.13. The SMILES string of the molecule is CCc1csc(NCCN2CCCC2)n1. The normalized spacial score (nSPS) is 17.1. The second-order valence-corrected chi connectivity index (χ2v) is 4.83. The van der Waals surface area contributed by atoms with Gasteiger partial charge in [-0.15, -0.1) is 11.3 Å². The third kappa shape index (κ3) is 3.18. The molecule has 1 fully saturated rings. The Morgan fingerprint density at radius 3 is 2.93 bits per heavy atom. The van der Waals surface area contributed by atoms with E-state index in [1.807, 2.05) is 0 Å². The van der Waals surface area contributed by atoms with E-state index in [0.29, 0.717) is 0 Å². The van der Waals surface area contributed by atoms with Gasteiger partial charge in [-0.3, -0.25) is 0 Å². The summed E-state index contributed by atoms with van der Waals surface area (Å²) in [5, 5.41) is 6.60. The molecule has 0 unspecified atom stereocenters. The number of rotatable bonds is 5. The maximum Gasteiger partial charge on any atom is 0.182 e. The molecule has 1 aliphatic heterocycles. The molecule has 15 heavy (non-hydrogen) atoms. The molecule has 0 amide bonds. The van der Waals surface area contributed by atoms with E-state index in [4.69, 9.17) is 0 Å². The summed E-state index contributed by atoms with van der Waals surface area (Å²) >= 11 is 1.72. The zero-order chi connectivity index (χ0) is 10.5. The average molecular weight is 225 g/mol. The zero-order valence-electron chi connectivity index (χ0n) is 9.33. The van der Waals surface area contributed by atoms with Gasteiger partial charge in [0.25, 0.3) is 0 Å². The van der Waals surface area contributed by atoms with Crippen LogP contribution < -0.4 is 5.32 Å². The lowest BCUT2D eigenvalue weighted by molar-refractivity contribution is 0.352. The fourth-order valence-electron chi connectivity index (χ4n) is 1.88. The van der Waals surface area contributed by atoms with Crippen molar-refractivity contribution in [2.45, 2.75) is 26.2 Å². The van der Waals surface area contributed by atoms with Crippen LogP contribution in [0.5, 0.6) is 0 Å². The Morgan fingerprint density at radius 2 is 2.27 bits per heavy atom. The van der Waals surface area contributed by atoms with Crippen molar-refractivity contribution >= 4 is 16.5 Å². The third-order valence-electron chi connectivity index (χ3n) is 2.82. The summed E-state index contributed by atoms with van der Waals surface area (Å²) in [7, 11) is 0. The zero-order valence-corrected chi connectivity index (χ0v) is 10.1. The molecule has 0 saturated carbocycles. The molecule has 4 heteroatoms. The van der Waals surface area contributed by atoms with E-state index < -0.39 is 0 Å². The van der Waals surface area contributed by atoms with Gasteiger partial charge in [-0.2, -0.15) is 0 Å². The molecular formula is C11H19N3S. The smallest absolute Gasteiger partial charge is 0.182 e. The highest BCUT2D eigenvalue weighted by Gasteiger charge is 2.10. The van der Waals surface area contributed by atoms with Crippen LogP contribution in [-0.2, 0) is 6.42 Å². The summed E-state index contributed by atoms with van der Waals surface area (Å²) in [6.07, 6.45) is 3.78. The summed E-state index contributed by atoms with van der Waals surface area (Å²) in [6.45, 7) is 6.88. The monoisotopic (exact) mass is 225 g/mol. The van der Waals surface area contributed by atoms with Crippen LogP contribution in [0.15, 0.2) is 5.38 Å². The Labute approximate surface area is 95.5 Å². The standard InChI is InChI=1S/C11H19N3S/c1-2-10-9-15-11(13-10)12-5-8-14-6-3-4-7-14/h9H,2-8H2,1H3,(H,12,13). The van der Waals surface area contributed by atoms with Gasteiger partial charge in [0.2, 0.25) is 0 Å².